The normalized spacial score (nSPS) is 11.5. The van der Waals surface area contributed by atoms with Gasteiger partial charge in [-0.15, -0.1) is 0 Å². The fourth-order valence-electron chi connectivity index (χ4n) is 3.61. The maximum absolute atomic E-state index is 5.84. The fraction of sp³-hybridized carbons (Fsp3) is 0.185. The van der Waals surface area contributed by atoms with Gasteiger partial charge in [-0.05, 0) is 80.1 Å². The zero-order chi connectivity index (χ0) is 23.2. The summed E-state index contributed by atoms with van der Waals surface area (Å²) in [4.78, 5) is 4.28. The topological polar surface area (TPSA) is 65.0 Å². The molecule has 0 fully saturated rings. The number of aromatic nitrogens is 4. The molecule has 0 spiro atoms. The van der Waals surface area contributed by atoms with Crippen molar-refractivity contribution in [1.29, 1.82) is 0 Å². The molecule has 0 saturated heterocycles. The summed E-state index contributed by atoms with van der Waals surface area (Å²) < 4.78 is 13.6. The van der Waals surface area contributed by atoms with Crippen LogP contribution in [0.1, 0.15) is 39.6 Å². The summed E-state index contributed by atoms with van der Waals surface area (Å²) in [5, 5.41) is 7.46. The van der Waals surface area contributed by atoms with Gasteiger partial charge in [-0.1, -0.05) is 6.07 Å². The first-order chi connectivity index (χ1) is 16.0. The van der Waals surface area contributed by atoms with Gasteiger partial charge in [0.25, 0.3) is 0 Å². The van der Waals surface area contributed by atoms with Crippen molar-refractivity contribution in [3.8, 4) is 11.5 Å². The lowest BCUT2D eigenvalue weighted by atomic mass is 10.1. The standard InChI is InChI=1S/C27H28N4O2/c1-19-15-20(2)31(3)26(19)13-11-23-16-22(29-30-23)10-8-21-9-12-25(17-27(21)32-4)33-18-24-7-5-6-14-28-24/h5-17H,18H2,1-4H3,(H,29,30)/b10-8+,13-11+. The van der Waals surface area contributed by atoms with Crippen LogP contribution in [0.4, 0.5) is 0 Å². The van der Waals surface area contributed by atoms with Crippen LogP contribution in [0.15, 0.2) is 54.7 Å². The SMILES string of the molecule is COc1cc(OCc2ccccn2)ccc1/C=C/c1cc(/C=C/c2c(C)cc(C)n2C)[nH]n1. The molecular formula is C27H28N4O2. The lowest BCUT2D eigenvalue weighted by Crippen LogP contribution is -1.98. The van der Waals surface area contributed by atoms with E-state index >= 15 is 0 Å². The Kier molecular flexibility index (Phi) is 6.74. The molecule has 0 aliphatic heterocycles. The van der Waals surface area contributed by atoms with Gasteiger partial charge in [0.1, 0.15) is 18.1 Å². The minimum Gasteiger partial charge on any atom is -0.496 e. The maximum atomic E-state index is 5.84. The first kappa shape index (κ1) is 22.1. The molecule has 4 aromatic rings. The number of ether oxygens (including phenoxy) is 2. The molecule has 0 amide bonds. The minimum atomic E-state index is 0.407. The summed E-state index contributed by atoms with van der Waals surface area (Å²) in [5.41, 5.74) is 7.28. The number of rotatable bonds is 8. The molecule has 0 aliphatic rings. The number of aryl methyl sites for hydroxylation is 2. The highest BCUT2D eigenvalue weighted by molar-refractivity contribution is 5.74. The fourth-order valence-corrected chi connectivity index (χ4v) is 3.61. The molecule has 1 aromatic carbocycles. The zero-order valence-corrected chi connectivity index (χ0v) is 19.4. The largest absolute Gasteiger partial charge is 0.496 e. The third-order valence-electron chi connectivity index (χ3n) is 5.51. The third kappa shape index (κ3) is 5.41. The molecule has 1 N–H and O–H groups in total. The molecule has 0 unspecified atom stereocenters. The number of H-pyrrole nitrogens is 1. The van der Waals surface area contributed by atoms with Crippen LogP contribution in [0.2, 0.25) is 0 Å². The average molecular weight is 441 g/mol. The van der Waals surface area contributed by atoms with Crippen LogP contribution >= 0.6 is 0 Å². The van der Waals surface area contributed by atoms with Crippen molar-refractivity contribution < 1.29 is 9.47 Å². The molecule has 4 rings (SSSR count). The molecule has 3 aromatic heterocycles. The van der Waals surface area contributed by atoms with Crippen LogP contribution in [-0.2, 0) is 13.7 Å². The number of benzene rings is 1. The summed E-state index contributed by atoms with van der Waals surface area (Å²) in [6.07, 6.45) is 9.84. The van der Waals surface area contributed by atoms with Crippen LogP contribution in [0.5, 0.6) is 11.5 Å². The van der Waals surface area contributed by atoms with E-state index in [0.717, 1.165) is 34.1 Å². The molecule has 0 atom stereocenters. The second-order valence-electron chi connectivity index (χ2n) is 7.84. The predicted octanol–water partition coefficient (Wildman–Crippen LogP) is 5.69. The Morgan fingerprint density at radius 3 is 2.61 bits per heavy atom. The molecule has 6 heteroatoms. The predicted molar refractivity (Wildman–Crippen MR) is 133 cm³/mol. The van der Waals surface area contributed by atoms with Gasteiger partial charge < -0.3 is 14.0 Å². The molecule has 0 saturated carbocycles. The number of aromatic amines is 1. The van der Waals surface area contributed by atoms with Crippen molar-refractivity contribution in [2.24, 2.45) is 7.05 Å². The van der Waals surface area contributed by atoms with Gasteiger partial charge in [-0.3, -0.25) is 10.1 Å². The number of nitrogens with one attached hydrogen (secondary N) is 1. The van der Waals surface area contributed by atoms with Crippen LogP contribution in [0, 0.1) is 13.8 Å². The van der Waals surface area contributed by atoms with E-state index in [9.17, 15) is 0 Å². The molecule has 0 radical (unpaired) electrons. The van der Waals surface area contributed by atoms with Gasteiger partial charge in [-0.25, -0.2) is 0 Å². The molecular weight excluding hydrogens is 412 g/mol. The van der Waals surface area contributed by atoms with Crippen molar-refractivity contribution in [1.82, 2.24) is 19.7 Å². The number of hydrogen-bond acceptors (Lipinski definition) is 4. The van der Waals surface area contributed by atoms with Crippen molar-refractivity contribution in [2.75, 3.05) is 7.11 Å². The van der Waals surface area contributed by atoms with E-state index in [1.807, 2.05) is 60.7 Å². The average Bonchev–Trinajstić information content (AvgIpc) is 3.39. The van der Waals surface area contributed by atoms with E-state index < -0.39 is 0 Å². The summed E-state index contributed by atoms with van der Waals surface area (Å²) in [6.45, 7) is 4.64. The first-order valence-electron chi connectivity index (χ1n) is 10.8. The van der Waals surface area contributed by atoms with E-state index in [2.05, 4.69) is 52.8 Å². The van der Waals surface area contributed by atoms with Crippen molar-refractivity contribution in [3.05, 3.63) is 94.3 Å². The van der Waals surface area contributed by atoms with E-state index in [-0.39, 0.29) is 0 Å². The number of methoxy groups -OCH3 is 1. The van der Waals surface area contributed by atoms with Crippen LogP contribution in [0.3, 0.4) is 0 Å². The zero-order valence-electron chi connectivity index (χ0n) is 19.4. The Hall–Kier alpha value is -4.06. The summed E-state index contributed by atoms with van der Waals surface area (Å²) in [6, 6.07) is 15.7. The van der Waals surface area contributed by atoms with E-state index in [1.165, 1.54) is 17.0 Å². The summed E-state index contributed by atoms with van der Waals surface area (Å²) in [7, 11) is 3.73. The Morgan fingerprint density at radius 1 is 1.00 bits per heavy atom. The van der Waals surface area contributed by atoms with Gasteiger partial charge in [0.05, 0.1) is 24.2 Å². The minimum absolute atomic E-state index is 0.407. The highest BCUT2D eigenvalue weighted by atomic mass is 16.5. The molecule has 0 bridgehead atoms. The second-order valence-corrected chi connectivity index (χ2v) is 7.84. The van der Waals surface area contributed by atoms with Crippen molar-refractivity contribution in [2.45, 2.75) is 20.5 Å². The lowest BCUT2D eigenvalue weighted by molar-refractivity contribution is 0.299. The Labute approximate surface area is 194 Å². The molecule has 3 heterocycles. The highest BCUT2D eigenvalue weighted by Crippen LogP contribution is 2.27. The summed E-state index contributed by atoms with van der Waals surface area (Å²) >= 11 is 0. The van der Waals surface area contributed by atoms with Gasteiger partial charge in [-0.2, -0.15) is 5.10 Å². The maximum Gasteiger partial charge on any atom is 0.130 e. The number of pyridine rings is 1. The molecule has 168 valence electrons. The van der Waals surface area contributed by atoms with Crippen LogP contribution in [0.25, 0.3) is 24.3 Å². The Balaban J connectivity index is 1.43. The van der Waals surface area contributed by atoms with Gasteiger partial charge in [0.15, 0.2) is 0 Å². The smallest absolute Gasteiger partial charge is 0.130 e. The quantitative estimate of drug-likeness (QED) is 0.382. The van der Waals surface area contributed by atoms with Crippen molar-refractivity contribution >= 4 is 24.3 Å². The number of nitrogens with zero attached hydrogens (tertiary/aromatic N) is 3. The van der Waals surface area contributed by atoms with Gasteiger partial charge in [0.2, 0.25) is 0 Å². The van der Waals surface area contributed by atoms with Crippen LogP contribution in [-0.4, -0.2) is 26.9 Å². The lowest BCUT2D eigenvalue weighted by Gasteiger charge is -2.09. The highest BCUT2D eigenvalue weighted by Gasteiger charge is 2.06. The van der Waals surface area contributed by atoms with E-state index in [4.69, 9.17) is 9.47 Å². The molecule has 0 aliphatic carbocycles. The monoisotopic (exact) mass is 440 g/mol. The number of hydrogen-bond donors (Lipinski definition) is 1. The van der Waals surface area contributed by atoms with E-state index in [1.54, 1.807) is 13.3 Å². The third-order valence-corrected chi connectivity index (χ3v) is 5.51. The second kappa shape index (κ2) is 10.0. The van der Waals surface area contributed by atoms with Crippen molar-refractivity contribution in [3.63, 3.8) is 0 Å². The van der Waals surface area contributed by atoms with Gasteiger partial charge >= 0.3 is 0 Å². The first-order valence-corrected chi connectivity index (χ1v) is 10.8. The van der Waals surface area contributed by atoms with E-state index in [0.29, 0.717) is 6.61 Å². The van der Waals surface area contributed by atoms with Gasteiger partial charge in [0, 0.05) is 36.3 Å². The molecule has 33 heavy (non-hydrogen) atoms. The Morgan fingerprint density at radius 2 is 1.88 bits per heavy atom. The van der Waals surface area contributed by atoms with Crippen LogP contribution < -0.4 is 9.47 Å². The Bertz CT molecular complexity index is 1280. The summed E-state index contributed by atoms with van der Waals surface area (Å²) in [5.74, 6) is 1.46. The molecule has 6 nitrogen and oxygen atoms in total.